The topological polar surface area (TPSA) is 46.9 Å². The van der Waals surface area contributed by atoms with Crippen LogP contribution in [0.5, 0.6) is 0 Å². The number of halogens is 1. The molecule has 22 heavy (non-hydrogen) atoms. The fourth-order valence-electron chi connectivity index (χ4n) is 1.61. The number of hydrogen-bond donors (Lipinski definition) is 1. The molecule has 8 heteroatoms. The standard InChI is InChI=1S/C14H16FN3OS3/c1-3-9(2)16-12(19)8-21-13-17-18(14(20)22-13)11-6-4-10(15)5-7-11/h4-7,9H,3,8H2,1-2H3,(H,16,19)/t9-/m0/s1. The third-order valence-corrected chi connectivity index (χ3v) is 5.31. The first kappa shape index (κ1) is 17.1. The van der Waals surface area contributed by atoms with Gasteiger partial charge in [-0.3, -0.25) is 4.79 Å². The van der Waals surface area contributed by atoms with Crippen LogP contribution < -0.4 is 5.32 Å². The molecule has 0 radical (unpaired) electrons. The number of nitrogens with one attached hydrogen (secondary N) is 1. The van der Waals surface area contributed by atoms with Gasteiger partial charge in [-0.15, -0.1) is 5.10 Å². The first-order chi connectivity index (χ1) is 10.5. The van der Waals surface area contributed by atoms with Crippen LogP contribution in [-0.2, 0) is 4.79 Å². The van der Waals surface area contributed by atoms with Crippen molar-refractivity contribution >= 4 is 41.2 Å². The Kier molecular flexibility index (Phi) is 6.10. The number of thioether (sulfide) groups is 1. The molecule has 0 saturated carbocycles. The zero-order valence-electron chi connectivity index (χ0n) is 12.2. The van der Waals surface area contributed by atoms with E-state index in [-0.39, 0.29) is 17.8 Å². The van der Waals surface area contributed by atoms with Gasteiger partial charge < -0.3 is 5.32 Å². The molecule has 1 aromatic carbocycles. The van der Waals surface area contributed by atoms with Crippen molar-refractivity contribution in [2.75, 3.05) is 5.75 Å². The summed E-state index contributed by atoms with van der Waals surface area (Å²) in [6.45, 7) is 3.99. The van der Waals surface area contributed by atoms with Gasteiger partial charge in [0.25, 0.3) is 0 Å². The van der Waals surface area contributed by atoms with E-state index in [1.807, 2.05) is 13.8 Å². The zero-order chi connectivity index (χ0) is 16.1. The van der Waals surface area contributed by atoms with Crippen LogP contribution >= 0.6 is 35.3 Å². The fourth-order valence-corrected chi connectivity index (χ4v) is 3.78. The summed E-state index contributed by atoms with van der Waals surface area (Å²) in [6, 6.07) is 6.14. The Morgan fingerprint density at radius 3 is 2.82 bits per heavy atom. The lowest BCUT2D eigenvalue weighted by Gasteiger charge is -2.10. The SMILES string of the molecule is CC[C@H](C)NC(=O)CSc1nn(-c2ccc(F)cc2)c(=S)s1. The van der Waals surface area contributed by atoms with Gasteiger partial charge in [0.1, 0.15) is 5.82 Å². The van der Waals surface area contributed by atoms with Crippen molar-refractivity contribution in [3.63, 3.8) is 0 Å². The van der Waals surface area contributed by atoms with Crippen LogP contribution in [0.3, 0.4) is 0 Å². The molecule has 0 bridgehead atoms. The van der Waals surface area contributed by atoms with Gasteiger partial charge in [0.2, 0.25) is 5.91 Å². The van der Waals surface area contributed by atoms with Gasteiger partial charge in [-0.25, -0.2) is 9.07 Å². The molecule has 0 unspecified atom stereocenters. The first-order valence-corrected chi connectivity index (χ1v) is 8.99. The summed E-state index contributed by atoms with van der Waals surface area (Å²) in [6.07, 6.45) is 0.897. The Labute approximate surface area is 141 Å². The molecule has 2 aromatic rings. The molecular formula is C14H16FN3OS3. The van der Waals surface area contributed by atoms with Crippen molar-refractivity contribution in [1.29, 1.82) is 0 Å². The third kappa shape index (κ3) is 4.62. The quantitative estimate of drug-likeness (QED) is 0.631. The maximum atomic E-state index is 12.9. The summed E-state index contributed by atoms with van der Waals surface area (Å²) >= 11 is 7.95. The minimum Gasteiger partial charge on any atom is -0.353 e. The molecule has 1 aromatic heterocycles. The van der Waals surface area contributed by atoms with Crippen LogP contribution in [0.1, 0.15) is 20.3 Å². The lowest BCUT2D eigenvalue weighted by molar-refractivity contribution is -0.119. The van der Waals surface area contributed by atoms with Crippen LogP contribution in [0, 0.1) is 9.77 Å². The average molecular weight is 358 g/mol. The van der Waals surface area contributed by atoms with Gasteiger partial charge in [-0.1, -0.05) is 30.0 Å². The second-order valence-corrected chi connectivity index (χ2v) is 7.53. The molecule has 1 amide bonds. The third-order valence-electron chi connectivity index (χ3n) is 2.95. The van der Waals surface area contributed by atoms with Gasteiger partial charge in [0, 0.05) is 6.04 Å². The molecule has 4 nitrogen and oxygen atoms in total. The van der Waals surface area contributed by atoms with Crippen LogP contribution in [0.2, 0.25) is 0 Å². The molecule has 1 N–H and O–H groups in total. The van der Waals surface area contributed by atoms with Crippen molar-refractivity contribution in [2.24, 2.45) is 0 Å². The predicted molar refractivity (Wildman–Crippen MR) is 90.9 cm³/mol. The minimum atomic E-state index is -0.304. The highest BCUT2D eigenvalue weighted by atomic mass is 32.2. The van der Waals surface area contributed by atoms with Crippen molar-refractivity contribution in [3.05, 3.63) is 34.0 Å². The molecule has 0 aliphatic carbocycles. The van der Waals surface area contributed by atoms with Gasteiger partial charge in [-0.2, -0.15) is 0 Å². The normalized spacial score (nSPS) is 12.1. The number of benzene rings is 1. The fraction of sp³-hybridized carbons (Fsp3) is 0.357. The summed E-state index contributed by atoms with van der Waals surface area (Å²) in [5.41, 5.74) is 0.707. The van der Waals surface area contributed by atoms with Crippen molar-refractivity contribution < 1.29 is 9.18 Å². The molecule has 2 rings (SSSR count). The number of hydrogen-bond acceptors (Lipinski definition) is 5. The van der Waals surface area contributed by atoms with Crippen molar-refractivity contribution in [2.45, 2.75) is 30.6 Å². The van der Waals surface area contributed by atoms with Crippen LogP contribution in [0.15, 0.2) is 28.6 Å². The van der Waals surface area contributed by atoms with Gasteiger partial charge >= 0.3 is 0 Å². The summed E-state index contributed by atoms with van der Waals surface area (Å²) in [5.74, 6) is -0.0219. The molecule has 1 heterocycles. The Morgan fingerprint density at radius 2 is 2.18 bits per heavy atom. The van der Waals surface area contributed by atoms with Gasteiger partial charge in [0.15, 0.2) is 8.29 Å². The number of nitrogens with zero attached hydrogens (tertiary/aromatic N) is 2. The molecular weight excluding hydrogens is 341 g/mol. The Hall–Kier alpha value is -1.25. The number of aromatic nitrogens is 2. The summed E-state index contributed by atoms with van der Waals surface area (Å²) in [5, 5.41) is 7.27. The Bertz CT molecular complexity index is 696. The molecule has 0 aliphatic heterocycles. The zero-order valence-corrected chi connectivity index (χ0v) is 14.7. The summed E-state index contributed by atoms with van der Waals surface area (Å²) in [4.78, 5) is 11.8. The van der Waals surface area contributed by atoms with Crippen LogP contribution in [-0.4, -0.2) is 27.5 Å². The van der Waals surface area contributed by atoms with Gasteiger partial charge in [0.05, 0.1) is 11.4 Å². The molecule has 118 valence electrons. The van der Waals surface area contributed by atoms with Crippen LogP contribution in [0.25, 0.3) is 5.69 Å². The smallest absolute Gasteiger partial charge is 0.230 e. The lowest BCUT2D eigenvalue weighted by atomic mass is 10.3. The van der Waals surface area contributed by atoms with E-state index in [9.17, 15) is 9.18 Å². The van der Waals surface area contributed by atoms with Crippen LogP contribution in [0.4, 0.5) is 4.39 Å². The first-order valence-electron chi connectivity index (χ1n) is 6.78. The maximum absolute atomic E-state index is 12.9. The van der Waals surface area contributed by atoms with E-state index >= 15 is 0 Å². The van der Waals surface area contributed by atoms with Crippen molar-refractivity contribution in [1.82, 2.24) is 15.1 Å². The van der Waals surface area contributed by atoms with E-state index in [2.05, 4.69) is 10.4 Å². The summed E-state index contributed by atoms with van der Waals surface area (Å²) in [7, 11) is 0. The average Bonchev–Trinajstić information content (AvgIpc) is 2.87. The predicted octanol–water partition coefficient (Wildman–Crippen LogP) is 3.81. The van der Waals surface area contributed by atoms with E-state index in [0.29, 0.717) is 19.7 Å². The van der Waals surface area contributed by atoms with E-state index in [1.165, 1.54) is 35.2 Å². The van der Waals surface area contributed by atoms with E-state index in [1.54, 1.807) is 16.8 Å². The molecule has 0 fully saturated rings. The van der Waals surface area contributed by atoms with Gasteiger partial charge in [-0.05, 0) is 49.8 Å². The molecule has 0 saturated heterocycles. The van der Waals surface area contributed by atoms with Crippen molar-refractivity contribution in [3.8, 4) is 5.69 Å². The van der Waals surface area contributed by atoms with E-state index < -0.39 is 0 Å². The number of carbonyl (C=O) groups excluding carboxylic acids is 1. The Morgan fingerprint density at radius 1 is 1.50 bits per heavy atom. The van der Waals surface area contributed by atoms with E-state index in [0.717, 1.165) is 6.42 Å². The number of carbonyl (C=O) groups is 1. The number of rotatable bonds is 6. The van der Waals surface area contributed by atoms with E-state index in [4.69, 9.17) is 12.2 Å². The number of amides is 1. The molecule has 0 spiro atoms. The summed E-state index contributed by atoms with van der Waals surface area (Å²) < 4.78 is 15.8. The minimum absolute atomic E-state index is 0.0196. The largest absolute Gasteiger partial charge is 0.353 e. The Balaban J connectivity index is 2.02. The maximum Gasteiger partial charge on any atom is 0.230 e. The lowest BCUT2D eigenvalue weighted by Crippen LogP contribution is -2.33. The highest BCUT2D eigenvalue weighted by Gasteiger charge is 2.10. The monoisotopic (exact) mass is 357 g/mol. The second-order valence-electron chi connectivity index (χ2n) is 4.69. The molecule has 0 aliphatic rings. The highest BCUT2D eigenvalue weighted by molar-refractivity contribution is 8.01. The second kappa shape index (κ2) is 7.85. The molecule has 1 atom stereocenters. The highest BCUT2D eigenvalue weighted by Crippen LogP contribution is 2.24.